The van der Waals surface area contributed by atoms with Gasteiger partial charge in [-0.3, -0.25) is 4.90 Å². The van der Waals surface area contributed by atoms with Crippen molar-refractivity contribution in [2.24, 2.45) is 0 Å². The highest BCUT2D eigenvalue weighted by Gasteiger charge is 2.26. The molecule has 2 aliphatic rings. The smallest absolute Gasteiger partial charge is 0.317 e. The third-order valence-electron chi connectivity index (χ3n) is 6.25. The van der Waals surface area contributed by atoms with E-state index >= 15 is 0 Å². The van der Waals surface area contributed by atoms with Gasteiger partial charge in [0, 0.05) is 32.2 Å². The quantitative estimate of drug-likeness (QED) is 0.872. The Hall–Kier alpha value is -2.08. The van der Waals surface area contributed by atoms with E-state index < -0.39 is 0 Å². The Morgan fingerprint density at radius 2 is 1.81 bits per heavy atom. The first-order valence-corrected chi connectivity index (χ1v) is 10.3. The number of aromatic nitrogens is 2. The molecule has 1 aliphatic carbocycles. The van der Waals surface area contributed by atoms with Crippen LogP contribution in [0.5, 0.6) is 0 Å². The molecule has 2 heterocycles. The van der Waals surface area contributed by atoms with Gasteiger partial charge < -0.3 is 15.2 Å². The molecule has 2 N–H and O–H groups in total. The molecule has 6 nitrogen and oxygen atoms in total. The lowest BCUT2D eigenvalue weighted by Gasteiger charge is -2.40. The number of carbonyl (C=O) groups is 1. The zero-order valence-corrected chi connectivity index (χ0v) is 16.6. The van der Waals surface area contributed by atoms with Crippen molar-refractivity contribution in [1.82, 2.24) is 25.1 Å². The van der Waals surface area contributed by atoms with E-state index in [9.17, 15) is 4.79 Å². The van der Waals surface area contributed by atoms with E-state index in [-0.39, 0.29) is 6.03 Å². The number of fused-ring (bicyclic) bond motifs is 1. The van der Waals surface area contributed by atoms with Gasteiger partial charge in [-0.2, -0.15) is 0 Å². The summed E-state index contributed by atoms with van der Waals surface area (Å²) in [5.41, 5.74) is 4.48. The molecule has 0 bridgehead atoms. The Morgan fingerprint density at radius 3 is 2.56 bits per heavy atom. The van der Waals surface area contributed by atoms with Crippen molar-refractivity contribution >= 4 is 17.1 Å². The van der Waals surface area contributed by atoms with Gasteiger partial charge in [0.2, 0.25) is 0 Å². The van der Waals surface area contributed by atoms with E-state index in [1.165, 1.54) is 43.2 Å². The molecule has 2 amide bonds. The predicted octanol–water partition coefficient (Wildman–Crippen LogP) is 3.34. The third-order valence-corrected chi connectivity index (χ3v) is 6.25. The van der Waals surface area contributed by atoms with E-state index in [1.54, 1.807) is 0 Å². The zero-order valence-electron chi connectivity index (χ0n) is 16.6. The number of nitrogens with zero attached hydrogens (tertiary/aromatic N) is 3. The Kier molecular flexibility index (Phi) is 5.34. The highest BCUT2D eigenvalue weighted by atomic mass is 16.2. The number of benzene rings is 1. The first-order valence-electron chi connectivity index (χ1n) is 10.3. The Balaban J connectivity index is 1.28. The van der Waals surface area contributed by atoms with Crippen LogP contribution in [0.15, 0.2) is 12.1 Å². The molecule has 146 valence electrons. The minimum Gasteiger partial charge on any atom is -0.340 e. The van der Waals surface area contributed by atoms with E-state index in [0.717, 1.165) is 49.1 Å². The number of H-pyrrole nitrogens is 1. The summed E-state index contributed by atoms with van der Waals surface area (Å²) in [6.45, 7) is 8.28. The van der Waals surface area contributed by atoms with E-state index in [1.807, 2.05) is 4.90 Å². The van der Waals surface area contributed by atoms with Crippen molar-refractivity contribution in [3.63, 3.8) is 0 Å². The highest BCUT2D eigenvalue weighted by Crippen LogP contribution is 2.23. The summed E-state index contributed by atoms with van der Waals surface area (Å²) in [5.74, 6) is 0.809. The average molecular weight is 370 g/mol. The fourth-order valence-corrected chi connectivity index (χ4v) is 4.41. The Labute approximate surface area is 161 Å². The molecule has 1 aliphatic heterocycles. The fourth-order valence-electron chi connectivity index (χ4n) is 4.41. The lowest BCUT2D eigenvalue weighted by Crippen LogP contribution is -2.54. The number of aryl methyl sites for hydroxylation is 2. The minimum atomic E-state index is 0.0195. The number of amides is 2. The zero-order chi connectivity index (χ0) is 18.8. The van der Waals surface area contributed by atoms with Gasteiger partial charge in [0.05, 0.1) is 17.6 Å². The largest absolute Gasteiger partial charge is 0.340 e. The Morgan fingerprint density at radius 1 is 1.11 bits per heavy atom. The highest BCUT2D eigenvalue weighted by molar-refractivity contribution is 5.77. The fraction of sp³-hybridized carbons (Fsp3) is 0.619. The van der Waals surface area contributed by atoms with Gasteiger partial charge >= 0.3 is 6.03 Å². The van der Waals surface area contributed by atoms with Crippen molar-refractivity contribution in [2.75, 3.05) is 26.2 Å². The van der Waals surface area contributed by atoms with Crippen LogP contribution in [0.2, 0.25) is 0 Å². The molecule has 6 heteroatoms. The van der Waals surface area contributed by atoms with Gasteiger partial charge in [-0.1, -0.05) is 19.3 Å². The van der Waals surface area contributed by atoms with Gasteiger partial charge in [-0.25, -0.2) is 9.78 Å². The SMILES string of the molecule is Cc1cc2nc(CNC(=O)N3CCN(C4CCCCC4)CC3)[nH]c2cc1C. The van der Waals surface area contributed by atoms with Crippen LogP contribution in [-0.4, -0.2) is 58.0 Å². The number of imidazole rings is 1. The van der Waals surface area contributed by atoms with Crippen molar-refractivity contribution in [3.8, 4) is 0 Å². The van der Waals surface area contributed by atoms with Crippen LogP contribution in [0, 0.1) is 13.8 Å². The number of rotatable bonds is 3. The number of aromatic amines is 1. The molecule has 2 aromatic rings. The van der Waals surface area contributed by atoms with Crippen molar-refractivity contribution in [2.45, 2.75) is 58.5 Å². The maximum atomic E-state index is 12.5. The van der Waals surface area contributed by atoms with Crippen LogP contribution in [-0.2, 0) is 6.54 Å². The molecule has 0 spiro atoms. The van der Waals surface area contributed by atoms with Crippen LogP contribution >= 0.6 is 0 Å². The molecule has 0 unspecified atom stereocenters. The molecular formula is C21H31N5O. The maximum Gasteiger partial charge on any atom is 0.317 e. The van der Waals surface area contributed by atoms with Crippen LogP contribution in [0.3, 0.4) is 0 Å². The van der Waals surface area contributed by atoms with E-state index in [0.29, 0.717) is 6.54 Å². The standard InChI is InChI=1S/C21H31N5O/c1-15-12-18-19(13-16(15)2)24-20(23-18)14-22-21(27)26-10-8-25(9-11-26)17-6-4-3-5-7-17/h12-13,17H,3-11,14H2,1-2H3,(H,22,27)(H,23,24). The molecule has 0 radical (unpaired) electrons. The lowest BCUT2D eigenvalue weighted by molar-refractivity contribution is 0.0904. The van der Waals surface area contributed by atoms with Crippen molar-refractivity contribution in [3.05, 3.63) is 29.1 Å². The topological polar surface area (TPSA) is 64.3 Å². The number of hydrogen-bond acceptors (Lipinski definition) is 3. The number of urea groups is 1. The van der Waals surface area contributed by atoms with Gasteiger partial charge in [0.1, 0.15) is 5.82 Å². The summed E-state index contributed by atoms with van der Waals surface area (Å²) in [7, 11) is 0. The van der Waals surface area contributed by atoms with Crippen LogP contribution in [0.4, 0.5) is 4.79 Å². The third kappa shape index (κ3) is 4.10. The maximum absolute atomic E-state index is 12.5. The van der Waals surface area contributed by atoms with Gasteiger partial charge in [0.15, 0.2) is 0 Å². The lowest BCUT2D eigenvalue weighted by atomic mass is 9.94. The molecule has 1 saturated heterocycles. The summed E-state index contributed by atoms with van der Waals surface area (Å²) in [6.07, 6.45) is 6.78. The van der Waals surface area contributed by atoms with Crippen LogP contribution in [0.1, 0.15) is 49.1 Å². The van der Waals surface area contributed by atoms with E-state index in [4.69, 9.17) is 0 Å². The first-order chi connectivity index (χ1) is 13.1. The number of hydrogen-bond donors (Lipinski definition) is 2. The molecule has 27 heavy (non-hydrogen) atoms. The molecule has 1 aromatic carbocycles. The normalized spacial score (nSPS) is 19.6. The van der Waals surface area contributed by atoms with Gasteiger partial charge in [-0.15, -0.1) is 0 Å². The second-order valence-corrected chi connectivity index (χ2v) is 8.11. The molecule has 2 fully saturated rings. The van der Waals surface area contributed by atoms with Crippen LogP contribution < -0.4 is 5.32 Å². The molecule has 1 saturated carbocycles. The predicted molar refractivity (Wildman–Crippen MR) is 108 cm³/mol. The molecular weight excluding hydrogens is 338 g/mol. The summed E-state index contributed by atoms with van der Waals surface area (Å²) < 4.78 is 0. The molecule has 0 atom stereocenters. The van der Waals surface area contributed by atoms with Crippen molar-refractivity contribution < 1.29 is 4.79 Å². The first kappa shape index (κ1) is 18.3. The number of carbonyl (C=O) groups excluding carboxylic acids is 1. The van der Waals surface area contributed by atoms with Gasteiger partial charge in [0.25, 0.3) is 0 Å². The number of nitrogens with one attached hydrogen (secondary N) is 2. The number of piperazine rings is 1. The Bertz CT molecular complexity index is 761. The summed E-state index contributed by atoms with van der Waals surface area (Å²) in [5, 5.41) is 3.03. The van der Waals surface area contributed by atoms with E-state index in [2.05, 4.69) is 46.2 Å². The molecule has 4 rings (SSSR count). The van der Waals surface area contributed by atoms with Crippen LogP contribution in [0.25, 0.3) is 11.0 Å². The summed E-state index contributed by atoms with van der Waals surface area (Å²) in [4.78, 5) is 25.0. The summed E-state index contributed by atoms with van der Waals surface area (Å²) >= 11 is 0. The minimum absolute atomic E-state index is 0.0195. The van der Waals surface area contributed by atoms with Gasteiger partial charge in [-0.05, 0) is 49.9 Å². The van der Waals surface area contributed by atoms with Crippen molar-refractivity contribution in [1.29, 1.82) is 0 Å². The summed E-state index contributed by atoms with van der Waals surface area (Å²) in [6, 6.07) is 4.97. The average Bonchev–Trinajstić information content (AvgIpc) is 3.09. The monoisotopic (exact) mass is 369 g/mol. The second-order valence-electron chi connectivity index (χ2n) is 8.11. The molecule has 1 aromatic heterocycles. The second kappa shape index (κ2) is 7.89.